The van der Waals surface area contributed by atoms with Gasteiger partial charge in [0.25, 0.3) is 5.56 Å². The van der Waals surface area contributed by atoms with Crippen LogP contribution in [0.25, 0.3) is 21.6 Å². The Balaban J connectivity index is 1.57. The van der Waals surface area contributed by atoms with Crippen molar-refractivity contribution in [1.82, 2.24) is 9.97 Å². The van der Waals surface area contributed by atoms with E-state index in [0.29, 0.717) is 27.5 Å². The molecule has 158 valence electrons. The van der Waals surface area contributed by atoms with Crippen molar-refractivity contribution in [2.24, 2.45) is 0 Å². The SMILES string of the molecule is O=c1[nH]c(-c2cc(Br)ccc2OCc2c(F)cccc2Cl)nc2sc3c(c12)CCCC3. The summed E-state index contributed by atoms with van der Waals surface area (Å²) >= 11 is 11.2. The average Bonchev–Trinajstić information content (AvgIpc) is 3.13. The number of aromatic nitrogens is 2. The first kappa shape index (κ1) is 20.7. The predicted molar refractivity (Wildman–Crippen MR) is 126 cm³/mol. The number of aromatic amines is 1. The number of H-pyrrole nitrogens is 1. The van der Waals surface area contributed by atoms with Crippen molar-refractivity contribution < 1.29 is 9.13 Å². The Morgan fingerprint density at radius 1 is 1.23 bits per heavy atom. The maximum absolute atomic E-state index is 14.2. The fourth-order valence-corrected chi connectivity index (χ4v) is 5.77. The Morgan fingerprint density at radius 3 is 2.90 bits per heavy atom. The molecule has 8 heteroatoms. The zero-order chi connectivity index (χ0) is 21.5. The fourth-order valence-electron chi connectivity index (χ4n) is 3.92. The van der Waals surface area contributed by atoms with Gasteiger partial charge >= 0.3 is 0 Å². The van der Waals surface area contributed by atoms with E-state index in [1.165, 1.54) is 10.9 Å². The van der Waals surface area contributed by atoms with Crippen LogP contribution in [0.3, 0.4) is 0 Å². The minimum absolute atomic E-state index is 0.0418. The van der Waals surface area contributed by atoms with E-state index in [-0.39, 0.29) is 17.7 Å². The second-order valence-electron chi connectivity index (χ2n) is 7.43. The van der Waals surface area contributed by atoms with Gasteiger partial charge in [0.15, 0.2) is 0 Å². The predicted octanol–water partition coefficient (Wildman–Crippen LogP) is 6.66. The van der Waals surface area contributed by atoms with E-state index in [4.69, 9.17) is 21.3 Å². The summed E-state index contributed by atoms with van der Waals surface area (Å²) in [6.45, 7) is -0.0418. The molecule has 0 saturated heterocycles. The van der Waals surface area contributed by atoms with Crippen LogP contribution in [0, 0.1) is 5.82 Å². The molecule has 2 aromatic carbocycles. The summed E-state index contributed by atoms with van der Waals surface area (Å²) in [6, 6.07) is 9.93. The molecule has 0 amide bonds. The number of hydrogen-bond donors (Lipinski definition) is 1. The maximum atomic E-state index is 14.2. The third-order valence-electron chi connectivity index (χ3n) is 5.46. The van der Waals surface area contributed by atoms with Crippen molar-refractivity contribution in [3.8, 4) is 17.1 Å². The topological polar surface area (TPSA) is 55.0 Å². The lowest BCUT2D eigenvalue weighted by Crippen LogP contribution is -2.11. The molecule has 0 saturated carbocycles. The van der Waals surface area contributed by atoms with Crippen molar-refractivity contribution >= 4 is 49.1 Å². The third kappa shape index (κ3) is 3.90. The molecular weight excluding hydrogens is 503 g/mol. The molecule has 0 radical (unpaired) electrons. The fraction of sp³-hybridized carbons (Fsp3) is 0.217. The number of benzene rings is 2. The highest BCUT2D eigenvalue weighted by atomic mass is 79.9. The highest BCUT2D eigenvalue weighted by Gasteiger charge is 2.21. The lowest BCUT2D eigenvalue weighted by atomic mass is 9.97. The highest BCUT2D eigenvalue weighted by molar-refractivity contribution is 9.10. The van der Waals surface area contributed by atoms with Gasteiger partial charge in [0.1, 0.15) is 28.8 Å². The minimum atomic E-state index is -0.428. The summed E-state index contributed by atoms with van der Waals surface area (Å²) in [6.07, 6.45) is 4.17. The molecule has 0 spiro atoms. The second kappa shape index (κ2) is 8.37. The van der Waals surface area contributed by atoms with Crippen molar-refractivity contribution in [2.75, 3.05) is 0 Å². The molecule has 1 aliphatic rings. The van der Waals surface area contributed by atoms with E-state index in [9.17, 15) is 9.18 Å². The van der Waals surface area contributed by atoms with Crippen LogP contribution in [0.5, 0.6) is 5.75 Å². The molecule has 2 aromatic heterocycles. The molecule has 2 heterocycles. The zero-order valence-electron chi connectivity index (χ0n) is 16.3. The summed E-state index contributed by atoms with van der Waals surface area (Å²) in [5, 5.41) is 1.01. The lowest BCUT2D eigenvalue weighted by molar-refractivity contribution is 0.301. The van der Waals surface area contributed by atoms with Gasteiger partial charge in [-0.15, -0.1) is 11.3 Å². The monoisotopic (exact) mass is 518 g/mol. The quantitative estimate of drug-likeness (QED) is 0.328. The molecular formula is C23H17BrClFN2O2S. The molecule has 0 aliphatic heterocycles. The maximum Gasteiger partial charge on any atom is 0.260 e. The first-order valence-electron chi connectivity index (χ1n) is 9.91. The molecule has 4 nitrogen and oxygen atoms in total. The van der Waals surface area contributed by atoms with Gasteiger partial charge in [-0.2, -0.15) is 0 Å². The van der Waals surface area contributed by atoms with E-state index in [1.807, 2.05) is 12.1 Å². The number of ether oxygens (including phenoxy) is 1. The van der Waals surface area contributed by atoms with E-state index in [0.717, 1.165) is 40.5 Å². The Labute approximate surface area is 195 Å². The van der Waals surface area contributed by atoms with Crippen LogP contribution in [0.1, 0.15) is 28.8 Å². The summed E-state index contributed by atoms with van der Waals surface area (Å²) in [7, 11) is 0. The molecule has 5 rings (SSSR count). The smallest absolute Gasteiger partial charge is 0.260 e. The molecule has 4 aromatic rings. The van der Waals surface area contributed by atoms with E-state index >= 15 is 0 Å². The first-order chi connectivity index (χ1) is 15.0. The number of nitrogens with zero attached hydrogens (tertiary/aromatic N) is 1. The molecule has 0 fully saturated rings. The van der Waals surface area contributed by atoms with Crippen LogP contribution in [0.2, 0.25) is 5.02 Å². The van der Waals surface area contributed by atoms with Gasteiger partial charge in [-0.1, -0.05) is 33.6 Å². The number of nitrogens with one attached hydrogen (secondary N) is 1. The molecule has 31 heavy (non-hydrogen) atoms. The summed E-state index contributed by atoms with van der Waals surface area (Å²) < 4.78 is 20.9. The highest BCUT2D eigenvalue weighted by Crippen LogP contribution is 2.36. The van der Waals surface area contributed by atoms with Crippen LogP contribution in [-0.2, 0) is 19.4 Å². The minimum Gasteiger partial charge on any atom is -0.488 e. The first-order valence-corrected chi connectivity index (χ1v) is 11.9. The molecule has 1 aliphatic carbocycles. The van der Waals surface area contributed by atoms with Gasteiger partial charge < -0.3 is 9.72 Å². The summed E-state index contributed by atoms with van der Waals surface area (Å²) in [4.78, 5) is 22.7. The van der Waals surface area contributed by atoms with Crippen LogP contribution in [0.4, 0.5) is 4.39 Å². The van der Waals surface area contributed by atoms with E-state index < -0.39 is 5.82 Å². The van der Waals surface area contributed by atoms with E-state index in [2.05, 4.69) is 20.9 Å². The van der Waals surface area contributed by atoms with E-state index in [1.54, 1.807) is 29.5 Å². The van der Waals surface area contributed by atoms with Crippen molar-refractivity contribution in [1.29, 1.82) is 0 Å². The number of rotatable bonds is 4. The Morgan fingerprint density at radius 2 is 2.06 bits per heavy atom. The van der Waals surface area contributed by atoms with Crippen molar-refractivity contribution in [3.63, 3.8) is 0 Å². The van der Waals surface area contributed by atoms with Crippen LogP contribution < -0.4 is 10.3 Å². The van der Waals surface area contributed by atoms with Crippen molar-refractivity contribution in [3.05, 3.63) is 78.1 Å². The molecule has 0 bridgehead atoms. The molecule has 0 atom stereocenters. The lowest BCUT2D eigenvalue weighted by Gasteiger charge is -2.13. The van der Waals surface area contributed by atoms with Gasteiger partial charge in [-0.05, 0) is 61.6 Å². The number of halogens is 3. The summed E-state index contributed by atoms with van der Waals surface area (Å²) in [5.41, 5.74) is 1.90. The van der Waals surface area contributed by atoms with Gasteiger partial charge in [0.05, 0.1) is 16.0 Å². The number of aryl methyl sites for hydroxylation is 2. The Bertz CT molecular complexity index is 1350. The molecule has 0 unspecified atom stereocenters. The van der Waals surface area contributed by atoms with Crippen LogP contribution >= 0.6 is 38.9 Å². The standard InChI is InChI=1S/C23H17BrClFN2O2S/c24-12-8-9-18(30-11-15-16(25)5-3-6-17(15)26)14(10-12)21-27-22(29)20-13-4-1-2-7-19(13)31-23(20)28-21/h3,5-6,8-10H,1-2,4,7,11H2,(H,27,28,29). The van der Waals surface area contributed by atoms with Crippen LogP contribution in [-0.4, -0.2) is 9.97 Å². The summed E-state index contributed by atoms with van der Waals surface area (Å²) in [5.74, 6) is 0.474. The number of thiophene rings is 1. The van der Waals surface area contributed by atoms with Crippen LogP contribution in [0.15, 0.2) is 45.7 Å². The normalized spacial score (nSPS) is 13.4. The van der Waals surface area contributed by atoms with Gasteiger partial charge in [0.2, 0.25) is 0 Å². The zero-order valence-corrected chi connectivity index (χ0v) is 19.5. The second-order valence-corrected chi connectivity index (χ2v) is 9.84. The van der Waals surface area contributed by atoms with Gasteiger partial charge in [-0.3, -0.25) is 4.79 Å². The average molecular weight is 520 g/mol. The van der Waals surface area contributed by atoms with Gasteiger partial charge in [-0.25, -0.2) is 9.37 Å². The Kier molecular flexibility index (Phi) is 5.58. The molecule has 1 N–H and O–H groups in total. The largest absolute Gasteiger partial charge is 0.488 e. The Hall–Kier alpha value is -2.22. The third-order valence-corrected chi connectivity index (χ3v) is 7.49. The van der Waals surface area contributed by atoms with Crippen molar-refractivity contribution in [2.45, 2.75) is 32.3 Å². The number of hydrogen-bond acceptors (Lipinski definition) is 4. The van der Waals surface area contributed by atoms with Gasteiger partial charge in [0, 0.05) is 14.9 Å². The number of fused-ring (bicyclic) bond motifs is 3.